The highest BCUT2D eigenvalue weighted by atomic mass is 35.5. The number of amides is 2. The Hall–Kier alpha value is -4.61. The summed E-state index contributed by atoms with van der Waals surface area (Å²) < 4.78 is 11.4. The summed E-state index contributed by atoms with van der Waals surface area (Å²) in [5.74, 6) is -0.326. The summed E-state index contributed by atoms with van der Waals surface area (Å²) in [5.41, 5.74) is 6.59. The fourth-order valence-electron chi connectivity index (χ4n) is 4.11. The van der Waals surface area contributed by atoms with Gasteiger partial charge in [-0.25, -0.2) is 10.4 Å². The van der Waals surface area contributed by atoms with Gasteiger partial charge in [0.25, 0.3) is 11.8 Å². The Morgan fingerprint density at radius 3 is 2.41 bits per heavy atom. The van der Waals surface area contributed by atoms with Gasteiger partial charge in [0.2, 0.25) is 0 Å². The summed E-state index contributed by atoms with van der Waals surface area (Å²) in [5, 5.41) is 13.6. The molecule has 3 N–H and O–H groups in total. The van der Waals surface area contributed by atoms with Gasteiger partial charge in [-0.2, -0.15) is 5.10 Å². The monoisotopic (exact) mass is 693 g/mol. The number of hydrazone groups is 1. The van der Waals surface area contributed by atoms with Crippen LogP contribution in [0.1, 0.15) is 22.8 Å². The molecular weight excluding hydrogens is 669 g/mol. The molecular formula is C33H26Cl3N5O4S. The van der Waals surface area contributed by atoms with Gasteiger partial charge in [0.1, 0.15) is 0 Å². The van der Waals surface area contributed by atoms with Gasteiger partial charge in [0.15, 0.2) is 23.2 Å². The average Bonchev–Trinajstić information content (AvgIpc) is 3.51. The maximum Gasteiger partial charge on any atom is 0.271 e. The van der Waals surface area contributed by atoms with E-state index in [1.54, 1.807) is 43.3 Å². The van der Waals surface area contributed by atoms with E-state index in [9.17, 15) is 9.59 Å². The summed E-state index contributed by atoms with van der Waals surface area (Å²) in [6.07, 6.45) is 1.43. The van der Waals surface area contributed by atoms with Crippen molar-refractivity contribution in [3.05, 3.63) is 117 Å². The minimum Gasteiger partial charge on any atom is -0.490 e. The fraction of sp³-hybridized carbons (Fsp3) is 0.0909. The van der Waals surface area contributed by atoms with Crippen LogP contribution in [0.15, 0.2) is 95.4 Å². The maximum atomic E-state index is 12.7. The van der Waals surface area contributed by atoms with Crippen molar-refractivity contribution in [3.8, 4) is 22.8 Å². The van der Waals surface area contributed by atoms with Crippen LogP contribution in [0.5, 0.6) is 11.5 Å². The first-order valence-corrected chi connectivity index (χ1v) is 15.9. The fourth-order valence-corrected chi connectivity index (χ4v) is 5.42. The molecule has 5 aromatic rings. The molecule has 0 saturated carbocycles. The molecule has 2 amide bonds. The SMILES string of the molecule is CCOc1cc(/C=N/NC(=O)c2ccc(-c3csc(Nc4ccccc4)n3)cc2)cc(Cl)c1OCC(=O)Nc1ccc(Cl)c(Cl)c1. The molecule has 0 unspecified atom stereocenters. The topological polar surface area (TPSA) is 114 Å². The second kappa shape index (κ2) is 15.6. The van der Waals surface area contributed by atoms with Crippen LogP contribution in [0.3, 0.4) is 0 Å². The molecule has 0 atom stereocenters. The number of nitrogens with zero attached hydrogens (tertiary/aromatic N) is 2. The highest BCUT2D eigenvalue weighted by Crippen LogP contribution is 2.36. The second-order valence-corrected chi connectivity index (χ2v) is 11.6. The van der Waals surface area contributed by atoms with E-state index in [1.807, 2.05) is 47.8 Å². The summed E-state index contributed by atoms with van der Waals surface area (Å²) in [6, 6.07) is 24.8. The molecule has 1 heterocycles. The van der Waals surface area contributed by atoms with Gasteiger partial charge in [-0.05, 0) is 67.1 Å². The van der Waals surface area contributed by atoms with Gasteiger partial charge in [0, 0.05) is 27.9 Å². The summed E-state index contributed by atoms with van der Waals surface area (Å²) in [7, 11) is 0. The number of carbonyl (C=O) groups excluding carboxylic acids is 2. The predicted octanol–water partition coefficient (Wildman–Crippen LogP) is 8.69. The van der Waals surface area contributed by atoms with Crippen molar-refractivity contribution in [1.82, 2.24) is 10.4 Å². The zero-order valence-electron chi connectivity index (χ0n) is 24.2. The number of thiazole rings is 1. The Morgan fingerprint density at radius 1 is 0.891 bits per heavy atom. The lowest BCUT2D eigenvalue weighted by atomic mass is 10.1. The molecule has 0 fully saturated rings. The Labute approximate surface area is 284 Å². The van der Waals surface area contributed by atoms with Crippen LogP contribution in [0.2, 0.25) is 15.1 Å². The number of aromatic nitrogens is 1. The number of para-hydroxylation sites is 1. The third-order valence-electron chi connectivity index (χ3n) is 6.23. The Kier molecular flexibility index (Phi) is 11.1. The zero-order valence-corrected chi connectivity index (χ0v) is 27.3. The van der Waals surface area contributed by atoms with Crippen LogP contribution in [0.25, 0.3) is 11.3 Å². The van der Waals surface area contributed by atoms with Crippen molar-refractivity contribution < 1.29 is 19.1 Å². The molecule has 234 valence electrons. The van der Waals surface area contributed by atoms with Crippen LogP contribution < -0.4 is 25.5 Å². The van der Waals surface area contributed by atoms with E-state index in [1.165, 1.54) is 23.6 Å². The number of hydrogen-bond acceptors (Lipinski definition) is 8. The number of ether oxygens (including phenoxy) is 2. The number of benzene rings is 4. The van der Waals surface area contributed by atoms with E-state index >= 15 is 0 Å². The minimum atomic E-state index is -0.435. The van der Waals surface area contributed by atoms with E-state index in [-0.39, 0.29) is 17.4 Å². The first kappa shape index (κ1) is 32.8. The van der Waals surface area contributed by atoms with E-state index in [4.69, 9.17) is 44.3 Å². The number of rotatable bonds is 12. The molecule has 0 saturated heterocycles. The minimum absolute atomic E-state index is 0.192. The van der Waals surface area contributed by atoms with Crippen molar-refractivity contribution >= 4 is 80.7 Å². The van der Waals surface area contributed by atoms with Gasteiger partial charge in [-0.3, -0.25) is 9.59 Å². The maximum absolute atomic E-state index is 12.7. The first-order chi connectivity index (χ1) is 22.3. The number of anilines is 3. The van der Waals surface area contributed by atoms with Crippen molar-refractivity contribution in [2.24, 2.45) is 5.10 Å². The zero-order chi connectivity index (χ0) is 32.5. The third-order valence-corrected chi connectivity index (χ3v) is 8.01. The van der Waals surface area contributed by atoms with Crippen LogP contribution in [0.4, 0.5) is 16.5 Å². The van der Waals surface area contributed by atoms with E-state index in [0.717, 1.165) is 22.1 Å². The van der Waals surface area contributed by atoms with Crippen molar-refractivity contribution in [1.29, 1.82) is 0 Å². The Bertz CT molecular complexity index is 1870. The largest absolute Gasteiger partial charge is 0.490 e. The normalized spacial score (nSPS) is 10.9. The molecule has 0 aliphatic rings. The highest BCUT2D eigenvalue weighted by Gasteiger charge is 2.15. The number of nitrogens with one attached hydrogen (secondary N) is 3. The van der Waals surface area contributed by atoms with Gasteiger partial charge < -0.3 is 20.1 Å². The van der Waals surface area contributed by atoms with Gasteiger partial charge in [-0.15, -0.1) is 11.3 Å². The van der Waals surface area contributed by atoms with Crippen LogP contribution in [0, 0.1) is 0 Å². The quantitative estimate of drug-likeness (QED) is 0.0890. The molecule has 0 spiro atoms. The van der Waals surface area contributed by atoms with Crippen LogP contribution in [-0.2, 0) is 4.79 Å². The molecule has 46 heavy (non-hydrogen) atoms. The van der Waals surface area contributed by atoms with Crippen LogP contribution in [-0.4, -0.2) is 36.2 Å². The molecule has 1 aromatic heterocycles. The molecule has 13 heteroatoms. The number of carbonyl (C=O) groups is 2. The van der Waals surface area contributed by atoms with Crippen molar-refractivity contribution in [3.63, 3.8) is 0 Å². The van der Waals surface area contributed by atoms with E-state index in [2.05, 4.69) is 26.1 Å². The number of hydrogen-bond donors (Lipinski definition) is 3. The lowest BCUT2D eigenvalue weighted by Crippen LogP contribution is -2.20. The lowest BCUT2D eigenvalue weighted by molar-refractivity contribution is -0.118. The summed E-state index contributed by atoms with van der Waals surface area (Å²) in [4.78, 5) is 29.8. The molecule has 0 aliphatic heterocycles. The second-order valence-electron chi connectivity index (χ2n) is 9.53. The molecule has 5 rings (SSSR count). The molecule has 0 radical (unpaired) electrons. The molecule has 9 nitrogen and oxygen atoms in total. The van der Waals surface area contributed by atoms with E-state index < -0.39 is 11.8 Å². The standard InChI is InChI=1S/C33H26Cl3N5O4S/c1-2-44-29-15-20(14-27(36)31(29)45-18-30(42)38-24-12-13-25(34)26(35)16-24)17-37-41-32(43)22-10-8-21(9-11-22)28-19-46-33(40-28)39-23-6-4-3-5-7-23/h3-17,19H,2,18H2,1H3,(H,38,42)(H,39,40)(H,41,43)/b37-17+. The summed E-state index contributed by atoms with van der Waals surface area (Å²) >= 11 is 19.9. The highest BCUT2D eigenvalue weighted by molar-refractivity contribution is 7.14. The summed E-state index contributed by atoms with van der Waals surface area (Å²) in [6.45, 7) is 1.79. The van der Waals surface area contributed by atoms with Crippen molar-refractivity contribution in [2.45, 2.75) is 6.92 Å². The Morgan fingerprint density at radius 2 is 1.67 bits per heavy atom. The van der Waals surface area contributed by atoms with Gasteiger partial charge >= 0.3 is 0 Å². The number of halogens is 3. The molecule has 0 aliphatic carbocycles. The predicted molar refractivity (Wildman–Crippen MR) is 186 cm³/mol. The first-order valence-electron chi connectivity index (χ1n) is 13.8. The smallest absolute Gasteiger partial charge is 0.271 e. The molecule has 4 aromatic carbocycles. The Balaban J connectivity index is 1.17. The molecule has 0 bridgehead atoms. The van der Waals surface area contributed by atoms with E-state index in [0.29, 0.717) is 39.2 Å². The van der Waals surface area contributed by atoms with Crippen LogP contribution >= 0.6 is 46.1 Å². The van der Waals surface area contributed by atoms with Gasteiger partial charge in [0.05, 0.1) is 33.6 Å². The van der Waals surface area contributed by atoms with Gasteiger partial charge in [-0.1, -0.05) is 65.1 Å². The average molecular weight is 695 g/mol. The lowest BCUT2D eigenvalue weighted by Gasteiger charge is -2.14. The van der Waals surface area contributed by atoms with Crippen molar-refractivity contribution in [2.75, 3.05) is 23.8 Å². The third kappa shape index (κ3) is 8.76.